The summed E-state index contributed by atoms with van der Waals surface area (Å²) in [6.07, 6.45) is -4.68. The number of aromatic amines is 1. The molecule has 0 spiro atoms. The number of H-pyrrole nitrogens is 1. The summed E-state index contributed by atoms with van der Waals surface area (Å²) in [7, 11) is 0. The number of rotatable bonds is 4. The van der Waals surface area contributed by atoms with Crippen molar-refractivity contribution in [3.8, 4) is 11.8 Å². The number of ether oxygens (including phenoxy) is 2. The summed E-state index contributed by atoms with van der Waals surface area (Å²) < 4.78 is 25.6. The Morgan fingerprint density at radius 2 is 2.07 bits per heavy atom. The number of aromatic nitrogens is 2. The fraction of sp³-hybridized carbons (Fsp3) is 0.316. The van der Waals surface area contributed by atoms with Crippen molar-refractivity contribution in [2.75, 3.05) is 6.61 Å². The van der Waals surface area contributed by atoms with Crippen molar-refractivity contribution in [3.05, 3.63) is 68.5 Å². The Hall–Kier alpha value is -3.26. The minimum atomic E-state index is -3.40. The monoisotopic (exact) mass is 404 g/mol. The maximum atomic E-state index is 14.8. The normalized spacial score (nSPS) is 25.9. The number of esters is 1. The highest BCUT2D eigenvalue weighted by atomic mass is 19.2. The number of nitrogens with zero attached hydrogens (tertiary/aromatic N) is 1. The lowest BCUT2D eigenvalue weighted by Crippen LogP contribution is -2.46. The molecule has 0 saturated carbocycles. The van der Waals surface area contributed by atoms with E-state index in [2.05, 4.69) is 11.8 Å². The molecule has 2 heterocycles. The van der Waals surface area contributed by atoms with Crippen LogP contribution >= 0.6 is 0 Å². The minimum absolute atomic E-state index is 0.167. The van der Waals surface area contributed by atoms with Crippen molar-refractivity contribution in [2.24, 2.45) is 0 Å². The first kappa shape index (κ1) is 20.5. The fourth-order valence-electron chi connectivity index (χ4n) is 2.83. The van der Waals surface area contributed by atoms with E-state index in [1.165, 1.54) is 19.1 Å². The maximum absolute atomic E-state index is 14.8. The highest BCUT2D eigenvalue weighted by Crippen LogP contribution is 2.39. The second-order valence-corrected chi connectivity index (χ2v) is 6.25. The highest BCUT2D eigenvalue weighted by molar-refractivity contribution is 5.89. The van der Waals surface area contributed by atoms with Gasteiger partial charge in [-0.15, -0.1) is 5.92 Å². The van der Waals surface area contributed by atoms with Gasteiger partial charge >= 0.3 is 11.7 Å². The molecule has 0 unspecified atom stereocenters. The van der Waals surface area contributed by atoms with Gasteiger partial charge in [-0.05, 0) is 19.1 Å². The summed E-state index contributed by atoms with van der Waals surface area (Å²) in [6, 6.07) is 7.94. The molecule has 0 amide bonds. The van der Waals surface area contributed by atoms with E-state index in [4.69, 9.17) is 9.47 Å². The summed E-state index contributed by atoms with van der Waals surface area (Å²) in [5.41, 5.74) is -1.81. The molecule has 1 saturated heterocycles. The summed E-state index contributed by atoms with van der Waals surface area (Å²) in [6.45, 7) is 0.866. The van der Waals surface area contributed by atoms with E-state index >= 15 is 0 Å². The Bertz CT molecular complexity index is 1080. The number of carbonyl (C=O) groups excluding carboxylic acids is 1. The standard InChI is InChI=1S/C19H17FN2O7/c1-2-6-12-9-22(18(26)21-15(12)24)17-19(20,27)14(23)13(29-17)10-28-16(25)11-7-4-3-5-8-11/h3-5,7-9,13-14,17,23,27H,10H2,1H3,(H,21,24,26)/t13-,14-,17-,19-/m1/s1. The van der Waals surface area contributed by atoms with Gasteiger partial charge in [0.25, 0.3) is 11.4 Å². The molecule has 152 valence electrons. The first-order chi connectivity index (χ1) is 13.8. The minimum Gasteiger partial charge on any atom is -0.459 e. The maximum Gasteiger partial charge on any atom is 0.338 e. The van der Waals surface area contributed by atoms with Crippen LogP contribution in [0.15, 0.2) is 46.1 Å². The van der Waals surface area contributed by atoms with Crippen LogP contribution in [0.5, 0.6) is 0 Å². The van der Waals surface area contributed by atoms with Crippen LogP contribution in [-0.4, -0.2) is 50.4 Å². The molecule has 1 aliphatic heterocycles. The number of hydrogen-bond acceptors (Lipinski definition) is 7. The molecule has 1 fully saturated rings. The van der Waals surface area contributed by atoms with E-state index in [-0.39, 0.29) is 11.1 Å². The highest BCUT2D eigenvalue weighted by Gasteiger charge is 2.58. The van der Waals surface area contributed by atoms with Crippen LogP contribution < -0.4 is 11.2 Å². The topological polar surface area (TPSA) is 131 Å². The number of aliphatic hydroxyl groups excluding tert-OH is 1. The van der Waals surface area contributed by atoms with Crippen molar-refractivity contribution in [1.29, 1.82) is 0 Å². The third kappa shape index (κ3) is 3.97. The van der Waals surface area contributed by atoms with Gasteiger partial charge in [0.15, 0.2) is 6.23 Å². The summed E-state index contributed by atoms with van der Waals surface area (Å²) in [5.74, 6) is 0.748. The molecule has 0 aliphatic carbocycles. The fourth-order valence-corrected chi connectivity index (χ4v) is 2.83. The molecule has 29 heavy (non-hydrogen) atoms. The van der Waals surface area contributed by atoms with Crippen molar-refractivity contribution in [1.82, 2.24) is 9.55 Å². The Labute approximate surface area is 163 Å². The molecule has 4 atom stereocenters. The quantitative estimate of drug-likeness (QED) is 0.470. The zero-order chi connectivity index (χ0) is 21.2. The van der Waals surface area contributed by atoms with Crippen LogP contribution in [-0.2, 0) is 9.47 Å². The van der Waals surface area contributed by atoms with Gasteiger partial charge in [0.1, 0.15) is 24.4 Å². The number of hydrogen-bond donors (Lipinski definition) is 3. The van der Waals surface area contributed by atoms with Gasteiger partial charge < -0.3 is 19.7 Å². The Morgan fingerprint density at radius 1 is 1.38 bits per heavy atom. The van der Waals surface area contributed by atoms with Crippen LogP contribution in [0.4, 0.5) is 4.39 Å². The number of halogens is 1. The lowest BCUT2D eigenvalue weighted by molar-refractivity contribution is -0.197. The Kier molecular flexibility index (Phi) is 5.65. The van der Waals surface area contributed by atoms with Crippen LogP contribution in [0.2, 0.25) is 0 Å². The number of aliphatic hydroxyl groups is 2. The van der Waals surface area contributed by atoms with Gasteiger partial charge in [0, 0.05) is 6.20 Å². The molecule has 3 N–H and O–H groups in total. The van der Waals surface area contributed by atoms with Gasteiger partial charge in [-0.25, -0.2) is 14.0 Å². The molecule has 2 aromatic rings. The molecular weight excluding hydrogens is 387 g/mol. The molecule has 1 aliphatic rings. The number of benzene rings is 1. The van der Waals surface area contributed by atoms with E-state index in [0.717, 1.165) is 6.20 Å². The summed E-state index contributed by atoms with van der Waals surface area (Å²) in [4.78, 5) is 37.7. The Morgan fingerprint density at radius 3 is 2.72 bits per heavy atom. The van der Waals surface area contributed by atoms with Crippen molar-refractivity contribution < 1.29 is 28.9 Å². The third-order valence-electron chi connectivity index (χ3n) is 4.29. The van der Waals surface area contributed by atoms with Crippen molar-refractivity contribution in [3.63, 3.8) is 0 Å². The third-order valence-corrected chi connectivity index (χ3v) is 4.29. The van der Waals surface area contributed by atoms with Crippen LogP contribution in [0.25, 0.3) is 0 Å². The van der Waals surface area contributed by atoms with E-state index in [1.807, 2.05) is 4.98 Å². The zero-order valence-corrected chi connectivity index (χ0v) is 15.2. The summed E-state index contributed by atoms with van der Waals surface area (Å²) in [5, 5.41) is 20.2. The van der Waals surface area contributed by atoms with Crippen LogP contribution in [0, 0.1) is 11.8 Å². The number of alkyl halides is 1. The van der Waals surface area contributed by atoms with Gasteiger partial charge in [0.2, 0.25) is 0 Å². The second-order valence-electron chi connectivity index (χ2n) is 6.25. The lowest BCUT2D eigenvalue weighted by atomic mass is 10.1. The molecule has 0 radical (unpaired) electrons. The van der Waals surface area contributed by atoms with Crippen LogP contribution in [0.1, 0.15) is 29.1 Å². The lowest BCUT2D eigenvalue weighted by Gasteiger charge is -2.23. The SMILES string of the molecule is CC#Cc1cn([C@@H]2O[C@H](COC(=O)c3ccccc3)[C@@H](O)[C@]2(O)F)c(=O)[nH]c1=O. The first-order valence-electron chi connectivity index (χ1n) is 8.51. The van der Waals surface area contributed by atoms with Crippen LogP contribution in [0.3, 0.4) is 0 Å². The Balaban J connectivity index is 1.83. The smallest absolute Gasteiger partial charge is 0.338 e. The van der Waals surface area contributed by atoms with Gasteiger partial charge in [-0.3, -0.25) is 14.3 Å². The molecule has 1 aromatic carbocycles. The van der Waals surface area contributed by atoms with E-state index < -0.39 is 48.1 Å². The van der Waals surface area contributed by atoms with Gasteiger partial charge in [0.05, 0.1) is 5.56 Å². The van der Waals surface area contributed by atoms with E-state index in [1.54, 1.807) is 18.2 Å². The van der Waals surface area contributed by atoms with E-state index in [9.17, 15) is 29.0 Å². The molecule has 1 aromatic heterocycles. The molecule has 9 nitrogen and oxygen atoms in total. The second kappa shape index (κ2) is 8.00. The average Bonchev–Trinajstić information content (AvgIpc) is 2.92. The number of nitrogens with one attached hydrogen (secondary N) is 1. The first-order valence-corrected chi connectivity index (χ1v) is 8.51. The predicted molar refractivity (Wildman–Crippen MR) is 96.6 cm³/mol. The molecule has 10 heteroatoms. The van der Waals surface area contributed by atoms with Crippen molar-refractivity contribution >= 4 is 5.97 Å². The molecule has 3 rings (SSSR count). The number of carbonyl (C=O) groups is 1. The zero-order valence-electron chi connectivity index (χ0n) is 15.2. The average molecular weight is 404 g/mol. The predicted octanol–water partition coefficient (Wildman–Crippen LogP) is -0.319. The van der Waals surface area contributed by atoms with Crippen molar-refractivity contribution in [2.45, 2.75) is 31.2 Å². The summed E-state index contributed by atoms with van der Waals surface area (Å²) >= 11 is 0. The van der Waals surface area contributed by atoms with Gasteiger partial charge in [-0.2, -0.15) is 0 Å². The van der Waals surface area contributed by atoms with E-state index in [0.29, 0.717) is 4.57 Å². The largest absolute Gasteiger partial charge is 0.459 e. The molecule has 0 bridgehead atoms. The molecular formula is C19H17FN2O7. The van der Waals surface area contributed by atoms with Gasteiger partial charge in [-0.1, -0.05) is 24.1 Å².